The number of rotatable bonds is 5. The summed E-state index contributed by atoms with van der Waals surface area (Å²) in [7, 11) is -3.66. The summed E-state index contributed by atoms with van der Waals surface area (Å²) in [6, 6.07) is 10.5. The number of carbonyl (C=O) groups is 1. The van der Waals surface area contributed by atoms with Crippen LogP contribution in [0.1, 0.15) is 18.2 Å². The Hall–Kier alpha value is -3.40. The van der Waals surface area contributed by atoms with Crippen molar-refractivity contribution in [1.82, 2.24) is 9.88 Å². The van der Waals surface area contributed by atoms with Crippen LogP contribution in [0.25, 0.3) is 11.5 Å². The third-order valence-electron chi connectivity index (χ3n) is 4.01. The van der Waals surface area contributed by atoms with Crippen LogP contribution in [-0.2, 0) is 26.2 Å². The van der Waals surface area contributed by atoms with Gasteiger partial charge in [0.1, 0.15) is 24.2 Å². The first-order valence-corrected chi connectivity index (χ1v) is 9.78. The highest BCUT2D eigenvalue weighted by molar-refractivity contribution is 7.90. The summed E-state index contributed by atoms with van der Waals surface area (Å²) >= 11 is 0. The molecule has 3 heterocycles. The fraction of sp³-hybridized carbons (Fsp3) is 0.167. The fourth-order valence-corrected chi connectivity index (χ4v) is 3.90. The van der Waals surface area contributed by atoms with Gasteiger partial charge in [0.25, 0.3) is 10.0 Å². The van der Waals surface area contributed by atoms with E-state index < -0.39 is 22.0 Å². The number of benzene rings is 1. The second-order valence-corrected chi connectivity index (χ2v) is 7.67. The maximum Gasteiger partial charge on any atom is 0.331 e. The van der Waals surface area contributed by atoms with Gasteiger partial charge in [0.15, 0.2) is 5.76 Å². The highest BCUT2D eigenvalue weighted by Gasteiger charge is 2.31. The Labute approximate surface area is 160 Å². The van der Waals surface area contributed by atoms with Crippen LogP contribution in [0, 0.1) is 0 Å². The molecule has 4 rings (SSSR count). The number of hydrogen-bond acceptors (Lipinski definition) is 8. The number of nitrogens with zero attached hydrogens (tertiary/aromatic N) is 2. The van der Waals surface area contributed by atoms with Crippen molar-refractivity contribution in [2.45, 2.75) is 24.5 Å². The molecule has 10 heteroatoms. The molecule has 0 spiro atoms. The van der Waals surface area contributed by atoms with Crippen LogP contribution in [0.15, 0.2) is 67.6 Å². The maximum absolute atomic E-state index is 12.2. The molecule has 0 unspecified atom stereocenters. The molecule has 1 atom stereocenters. The third-order valence-corrected chi connectivity index (χ3v) is 5.41. The Kier molecular flexibility index (Phi) is 4.47. The third kappa shape index (κ3) is 3.41. The van der Waals surface area contributed by atoms with Crippen molar-refractivity contribution >= 4 is 21.8 Å². The van der Waals surface area contributed by atoms with E-state index in [4.69, 9.17) is 13.7 Å². The molecule has 3 aromatic rings. The zero-order chi connectivity index (χ0) is 19.7. The normalized spacial score (nSPS) is 17.1. The molecule has 0 saturated heterocycles. The number of hydrogen-bond donors (Lipinski definition) is 1. The molecule has 0 saturated carbocycles. The van der Waals surface area contributed by atoms with Crippen LogP contribution in [0.3, 0.4) is 0 Å². The van der Waals surface area contributed by atoms with Gasteiger partial charge in [-0.1, -0.05) is 17.3 Å². The van der Waals surface area contributed by atoms with E-state index >= 15 is 0 Å². The number of aliphatic imine (C=N–C) groups is 1. The van der Waals surface area contributed by atoms with Gasteiger partial charge >= 0.3 is 5.97 Å². The van der Waals surface area contributed by atoms with Crippen molar-refractivity contribution in [2.75, 3.05) is 0 Å². The first-order chi connectivity index (χ1) is 13.4. The molecule has 9 nitrogen and oxygen atoms in total. The summed E-state index contributed by atoms with van der Waals surface area (Å²) < 4.78 is 42.1. The Balaban J connectivity index is 1.43. The number of aromatic nitrogens is 1. The molecule has 0 bridgehead atoms. The summed E-state index contributed by atoms with van der Waals surface area (Å²) in [5.41, 5.74) is 0.827. The number of nitrogens with one attached hydrogen (secondary N) is 1. The van der Waals surface area contributed by atoms with Crippen LogP contribution >= 0.6 is 0 Å². The minimum atomic E-state index is -3.66. The predicted octanol–water partition coefficient (Wildman–Crippen LogP) is 2.10. The van der Waals surface area contributed by atoms with Crippen molar-refractivity contribution < 1.29 is 26.9 Å². The Morgan fingerprint density at radius 1 is 1.25 bits per heavy atom. The highest BCUT2D eigenvalue weighted by atomic mass is 32.2. The lowest BCUT2D eigenvalue weighted by molar-refractivity contribution is -0.146. The molecule has 1 aromatic carbocycles. The van der Waals surface area contributed by atoms with Crippen LogP contribution in [0.4, 0.5) is 0 Å². The molecule has 0 aliphatic carbocycles. The van der Waals surface area contributed by atoms with E-state index in [-0.39, 0.29) is 17.3 Å². The number of sulfonamides is 1. The smallest absolute Gasteiger partial charge is 0.331 e. The molecule has 1 aliphatic heterocycles. The SMILES string of the molecule is C[C@@H](N=C1NS(=O)(=O)c2ccccc21)C(=O)OCc1cc(-c2ccco2)on1. The minimum Gasteiger partial charge on any atom is -0.461 e. The maximum atomic E-state index is 12.2. The summed E-state index contributed by atoms with van der Waals surface area (Å²) in [6.07, 6.45) is 1.51. The van der Waals surface area contributed by atoms with Gasteiger partial charge in [-0.05, 0) is 31.2 Å². The van der Waals surface area contributed by atoms with Gasteiger partial charge in [0.2, 0.25) is 5.76 Å². The average Bonchev–Trinajstić information content (AvgIpc) is 3.40. The van der Waals surface area contributed by atoms with Crippen molar-refractivity contribution in [3.05, 3.63) is 60.0 Å². The monoisotopic (exact) mass is 401 g/mol. The number of furan rings is 1. The number of esters is 1. The second-order valence-electron chi connectivity index (χ2n) is 6.02. The average molecular weight is 401 g/mol. The minimum absolute atomic E-state index is 0.111. The largest absolute Gasteiger partial charge is 0.461 e. The van der Waals surface area contributed by atoms with Gasteiger partial charge in [-0.25, -0.2) is 13.2 Å². The van der Waals surface area contributed by atoms with Crippen LogP contribution in [0.2, 0.25) is 0 Å². The van der Waals surface area contributed by atoms with E-state index in [2.05, 4.69) is 14.9 Å². The summed E-state index contributed by atoms with van der Waals surface area (Å²) in [6.45, 7) is 1.40. The molecule has 0 radical (unpaired) electrons. The molecular weight excluding hydrogens is 386 g/mol. The zero-order valence-corrected chi connectivity index (χ0v) is 15.5. The van der Waals surface area contributed by atoms with Crippen LogP contribution in [0.5, 0.6) is 0 Å². The molecule has 2 aromatic heterocycles. The number of amidine groups is 1. The number of ether oxygens (including phenoxy) is 1. The van der Waals surface area contributed by atoms with Crippen molar-refractivity contribution in [1.29, 1.82) is 0 Å². The lowest BCUT2D eigenvalue weighted by Gasteiger charge is -2.07. The van der Waals surface area contributed by atoms with Crippen molar-refractivity contribution in [3.8, 4) is 11.5 Å². The summed E-state index contributed by atoms with van der Waals surface area (Å²) in [5.74, 6) is 0.415. The van der Waals surface area contributed by atoms with Gasteiger partial charge in [0.05, 0.1) is 11.2 Å². The van der Waals surface area contributed by atoms with E-state index in [0.29, 0.717) is 22.8 Å². The second kappa shape index (κ2) is 6.97. The Morgan fingerprint density at radius 2 is 2.07 bits per heavy atom. The van der Waals surface area contributed by atoms with E-state index in [1.807, 2.05) is 0 Å². The predicted molar refractivity (Wildman–Crippen MR) is 96.8 cm³/mol. The molecule has 1 N–H and O–H groups in total. The van der Waals surface area contributed by atoms with E-state index in [1.54, 1.807) is 36.4 Å². The summed E-state index contributed by atoms with van der Waals surface area (Å²) in [4.78, 5) is 16.5. The topological polar surface area (TPSA) is 124 Å². The zero-order valence-electron chi connectivity index (χ0n) is 14.7. The van der Waals surface area contributed by atoms with Gasteiger partial charge < -0.3 is 13.7 Å². The Bertz CT molecular complexity index is 1150. The van der Waals surface area contributed by atoms with Crippen LogP contribution in [-0.4, -0.2) is 31.4 Å². The first-order valence-electron chi connectivity index (χ1n) is 8.30. The molecular formula is C18H15N3O6S. The van der Waals surface area contributed by atoms with Crippen molar-refractivity contribution in [3.63, 3.8) is 0 Å². The molecule has 0 amide bonds. The molecule has 28 heavy (non-hydrogen) atoms. The quantitative estimate of drug-likeness (QED) is 0.649. The molecule has 144 valence electrons. The van der Waals surface area contributed by atoms with E-state index in [0.717, 1.165) is 0 Å². The lowest BCUT2D eigenvalue weighted by atomic mass is 10.2. The lowest BCUT2D eigenvalue weighted by Crippen LogP contribution is -2.26. The fourth-order valence-electron chi connectivity index (χ4n) is 2.66. The summed E-state index contributed by atoms with van der Waals surface area (Å²) in [5, 5.41) is 3.82. The highest BCUT2D eigenvalue weighted by Crippen LogP contribution is 2.23. The molecule has 1 aliphatic rings. The van der Waals surface area contributed by atoms with E-state index in [9.17, 15) is 13.2 Å². The number of fused-ring (bicyclic) bond motifs is 1. The van der Waals surface area contributed by atoms with Crippen LogP contribution < -0.4 is 4.72 Å². The van der Waals surface area contributed by atoms with E-state index in [1.165, 1.54) is 19.3 Å². The number of carbonyl (C=O) groups excluding carboxylic acids is 1. The van der Waals surface area contributed by atoms with Gasteiger partial charge in [-0.3, -0.25) is 9.71 Å². The first kappa shape index (κ1) is 18.0. The van der Waals surface area contributed by atoms with Gasteiger partial charge in [-0.2, -0.15) is 0 Å². The standard InChI is InChI=1S/C18H15N3O6S/c1-11(19-17-13-5-2-3-7-16(13)28(23,24)21-17)18(22)26-10-12-9-15(27-20-12)14-6-4-8-25-14/h2-9,11H,10H2,1H3,(H,19,21)/t11-/m1/s1. The van der Waals surface area contributed by atoms with Gasteiger partial charge in [0, 0.05) is 11.6 Å². The Morgan fingerprint density at radius 3 is 2.86 bits per heavy atom. The van der Waals surface area contributed by atoms with Crippen molar-refractivity contribution in [2.24, 2.45) is 4.99 Å². The molecule has 0 fully saturated rings. The van der Waals surface area contributed by atoms with Gasteiger partial charge in [-0.15, -0.1) is 0 Å².